The smallest absolute Gasteiger partial charge is 0.256 e. The maximum absolute atomic E-state index is 12.9. The molecule has 2 atom stereocenters. The highest BCUT2D eigenvalue weighted by Crippen LogP contribution is 2.33. The van der Waals surface area contributed by atoms with E-state index in [4.69, 9.17) is 38.0 Å². The number of anilines is 1. The lowest BCUT2D eigenvalue weighted by Crippen LogP contribution is -2.44. The van der Waals surface area contributed by atoms with Gasteiger partial charge in [-0.3, -0.25) is 9.78 Å². The minimum atomic E-state index is -0.246. The maximum atomic E-state index is 12.9. The van der Waals surface area contributed by atoms with E-state index >= 15 is 0 Å². The zero-order chi connectivity index (χ0) is 25.4. The number of hydrogen-bond donors (Lipinski definition) is 3. The van der Waals surface area contributed by atoms with E-state index in [1.807, 2.05) is 19.9 Å². The van der Waals surface area contributed by atoms with Gasteiger partial charge in [-0.1, -0.05) is 29.9 Å². The Labute approximate surface area is 216 Å². The van der Waals surface area contributed by atoms with Gasteiger partial charge in [0.2, 0.25) is 0 Å². The highest BCUT2D eigenvalue weighted by Gasteiger charge is 2.28. The van der Waals surface area contributed by atoms with Crippen LogP contribution in [0.3, 0.4) is 0 Å². The second-order valence-electron chi connectivity index (χ2n) is 8.23. The minimum Gasteiger partial charge on any atom is -0.493 e. The van der Waals surface area contributed by atoms with Crippen LogP contribution in [0.1, 0.15) is 32.3 Å². The van der Waals surface area contributed by atoms with Gasteiger partial charge in [-0.2, -0.15) is 0 Å². The second kappa shape index (κ2) is 12.7. The summed E-state index contributed by atoms with van der Waals surface area (Å²) in [5.74, 6) is 0.894. The van der Waals surface area contributed by atoms with Crippen molar-refractivity contribution in [1.29, 1.82) is 0 Å². The Hall–Kier alpha value is -2.88. The van der Waals surface area contributed by atoms with Gasteiger partial charge in [0.15, 0.2) is 5.75 Å². The average molecular weight is 519 g/mol. The number of nitrogens with zero attached hydrogens (tertiary/aromatic N) is 1. The van der Waals surface area contributed by atoms with Gasteiger partial charge >= 0.3 is 0 Å². The summed E-state index contributed by atoms with van der Waals surface area (Å²) in [6.45, 7) is 4.90. The molecule has 3 rings (SSSR count). The molecule has 1 aromatic carbocycles. The molecule has 1 aliphatic rings. The Morgan fingerprint density at radius 1 is 1.34 bits per heavy atom. The molecule has 0 aliphatic carbocycles. The fraction of sp³-hybridized carbons (Fsp3) is 0.400. The molecular weight excluding hydrogens is 488 g/mol. The van der Waals surface area contributed by atoms with Crippen LogP contribution in [0.2, 0.25) is 5.02 Å². The predicted octanol–water partition coefficient (Wildman–Crippen LogP) is 4.24. The largest absolute Gasteiger partial charge is 0.493 e. The van der Waals surface area contributed by atoms with E-state index in [0.29, 0.717) is 47.4 Å². The highest BCUT2D eigenvalue weighted by molar-refractivity contribution is 7.81. The lowest BCUT2D eigenvalue weighted by Gasteiger charge is -2.27. The first-order chi connectivity index (χ1) is 16.8. The van der Waals surface area contributed by atoms with Crippen molar-refractivity contribution >= 4 is 40.4 Å². The molecule has 10 heteroatoms. The normalized spacial score (nSPS) is 16.4. The molecule has 2 heterocycles. The van der Waals surface area contributed by atoms with Crippen LogP contribution in [0, 0.1) is 0 Å². The Morgan fingerprint density at radius 2 is 2.14 bits per heavy atom. The number of ether oxygens (including phenoxy) is 3. The predicted molar refractivity (Wildman–Crippen MR) is 141 cm³/mol. The van der Waals surface area contributed by atoms with E-state index in [-0.39, 0.29) is 23.0 Å². The Balaban J connectivity index is 1.79. The number of methoxy groups -OCH3 is 2. The molecule has 3 N–H and O–H groups in total. The summed E-state index contributed by atoms with van der Waals surface area (Å²) in [6, 6.07) is 7.15. The Morgan fingerprint density at radius 3 is 2.89 bits per heavy atom. The third-order valence-corrected chi connectivity index (χ3v) is 6.21. The molecule has 8 nitrogen and oxygen atoms in total. The molecular formula is C25H31ClN4O4S. The molecule has 1 amide bonds. The number of para-hydroxylation sites is 1. The summed E-state index contributed by atoms with van der Waals surface area (Å²) in [5.41, 5.74) is 2.63. The number of nitrogens with one attached hydrogen (secondary N) is 3. The van der Waals surface area contributed by atoms with Gasteiger partial charge in [0, 0.05) is 50.0 Å². The molecule has 0 saturated heterocycles. The SMILES string of the molecule is COc1c(Cl)cccc1NC(=S)C1=C(NCc2ccncc2OCCC(C)OC)C[C@@H](C)NC1=O. The van der Waals surface area contributed by atoms with E-state index in [0.717, 1.165) is 17.7 Å². The zero-order valence-electron chi connectivity index (χ0n) is 20.3. The summed E-state index contributed by atoms with van der Waals surface area (Å²) >= 11 is 11.9. The van der Waals surface area contributed by atoms with Gasteiger partial charge in [-0.25, -0.2) is 0 Å². The van der Waals surface area contributed by atoms with Gasteiger partial charge in [0.1, 0.15) is 10.7 Å². The van der Waals surface area contributed by atoms with Crippen LogP contribution in [0.25, 0.3) is 0 Å². The molecule has 1 unspecified atom stereocenters. The van der Waals surface area contributed by atoms with Crippen molar-refractivity contribution in [1.82, 2.24) is 15.6 Å². The van der Waals surface area contributed by atoms with Crippen LogP contribution in [0.15, 0.2) is 47.9 Å². The first-order valence-electron chi connectivity index (χ1n) is 11.3. The van der Waals surface area contributed by atoms with Crippen molar-refractivity contribution in [3.05, 3.63) is 58.5 Å². The van der Waals surface area contributed by atoms with E-state index < -0.39 is 0 Å². The minimum absolute atomic E-state index is 0.0408. The highest BCUT2D eigenvalue weighted by atomic mass is 35.5. The third kappa shape index (κ3) is 7.06. The molecule has 0 spiro atoms. The number of carbonyl (C=O) groups excluding carboxylic acids is 1. The van der Waals surface area contributed by atoms with Crippen LogP contribution in [-0.2, 0) is 16.1 Å². The number of thiocarbonyl (C=S) groups is 1. The van der Waals surface area contributed by atoms with E-state index in [9.17, 15) is 4.79 Å². The fourth-order valence-corrected chi connectivity index (χ4v) is 4.21. The topological polar surface area (TPSA) is 93.7 Å². The number of rotatable bonds is 11. The summed E-state index contributed by atoms with van der Waals surface area (Å²) in [5, 5.41) is 9.92. The number of amides is 1. The van der Waals surface area contributed by atoms with Crippen LogP contribution in [-0.4, -0.2) is 48.9 Å². The molecule has 0 bridgehead atoms. The summed E-state index contributed by atoms with van der Waals surface area (Å²) in [4.78, 5) is 17.4. The number of carbonyl (C=O) groups is 1. The number of benzene rings is 1. The number of hydrogen-bond acceptors (Lipinski definition) is 7. The maximum Gasteiger partial charge on any atom is 0.256 e. The van der Waals surface area contributed by atoms with E-state index in [2.05, 4.69) is 20.9 Å². The van der Waals surface area contributed by atoms with Crippen LogP contribution in [0.4, 0.5) is 5.69 Å². The zero-order valence-corrected chi connectivity index (χ0v) is 21.9. The van der Waals surface area contributed by atoms with E-state index in [1.54, 1.807) is 37.7 Å². The number of aromatic nitrogens is 1. The molecule has 0 saturated carbocycles. The average Bonchev–Trinajstić information content (AvgIpc) is 2.83. The first-order valence-corrected chi connectivity index (χ1v) is 12.1. The van der Waals surface area contributed by atoms with Crippen molar-refractivity contribution in [2.24, 2.45) is 0 Å². The molecule has 188 valence electrons. The standard InChI is InChI=1S/C25H31ClN4O4S/c1-15-12-20(28-13-17-8-10-27-14-21(17)34-11-9-16(2)32-3)22(24(31)29-15)25(35)30-19-7-5-6-18(26)23(19)33-4/h5-8,10,14-16,28H,9,11-13H2,1-4H3,(H,29,31)(H,30,35)/t15-,16?/m1/s1. The molecule has 0 fully saturated rings. The fourth-order valence-electron chi connectivity index (χ4n) is 3.63. The summed E-state index contributed by atoms with van der Waals surface area (Å²) in [6.07, 6.45) is 4.87. The van der Waals surface area contributed by atoms with Gasteiger partial charge in [0.05, 0.1) is 42.3 Å². The van der Waals surface area contributed by atoms with Crippen LogP contribution >= 0.6 is 23.8 Å². The quantitative estimate of drug-likeness (QED) is 0.380. The lowest BCUT2D eigenvalue weighted by molar-refractivity contribution is -0.118. The van der Waals surface area contributed by atoms with Gasteiger partial charge in [0.25, 0.3) is 5.91 Å². The molecule has 1 aromatic heterocycles. The van der Waals surface area contributed by atoms with Crippen molar-refractivity contribution in [2.75, 3.05) is 26.1 Å². The van der Waals surface area contributed by atoms with Gasteiger partial charge in [-0.05, 0) is 32.0 Å². The van der Waals surface area contributed by atoms with Gasteiger partial charge < -0.3 is 30.2 Å². The molecule has 1 aliphatic heterocycles. The van der Waals surface area contributed by atoms with Crippen molar-refractivity contribution in [2.45, 2.75) is 45.4 Å². The number of pyridine rings is 1. The first kappa shape index (κ1) is 26.7. The summed E-state index contributed by atoms with van der Waals surface area (Å²) in [7, 11) is 3.21. The lowest BCUT2D eigenvalue weighted by atomic mass is 10.0. The van der Waals surface area contributed by atoms with Crippen molar-refractivity contribution < 1.29 is 19.0 Å². The summed E-state index contributed by atoms with van der Waals surface area (Å²) < 4.78 is 16.6. The Kier molecular flexibility index (Phi) is 9.71. The molecule has 2 aromatic rings. The number of halogens is 1. The Bertz CT molecular complexity index is 1090. The monoisotopic (exact) mass is 518 g/mol. The van der Waals surface area contributed by atoms with Crippen LogP contribution in [0.5, 0.6) is 11.5 Å². The van der Waals surface area contributed by atoms with Crippen LogP contribution < -0.4 is 25.4 Å². The molecule has 0 radical (unpaired) electrons. The third-order valence-electron chi connectivity index (χ3n) is 5.61. The van der Waals surface area contributed by atoms with Crippen molar-refractivity contribution in [3.8, 4) is 11.5 Å². The molecule has 35 heavy (non-hydrogen) atoms. The second-order valence-corrected chi connectivity index (χ2v) is 9.04. The van der Waals surface area contributed by atoms with Gasteiger partial charge in [-0.15, -0.1) is 0 Å². The van der Waals surface area contributed by atoms with E-state index in [1.165, 1.54) is 7.11 Å². The van der Waals surface area contributed by atoms with Crippen molar-refractivity contribution in [3.63, 3.8) is 0 Å².